The fraction of sp³-hybridized carbons (Fsp3) is 0.300. The van der Waals surface area contributed by atoms with E-state index < -0.39 is 10.0 Å². The first-order valence-corrected chi connectivity index (χ1v) is 10.2. The second kappa shape index (κ2) is 7.25. The molecule has 2 heterocycles. The van der Waals surface area contributed by atoms with Crippen molar-refractivity contribution < 1.29 is 8.42 Å². The van der Waals surface area contributed by atoms with E-state index >= 15 is 0 Å². The normalized spacial score (nSPS) is 13.1. The maximum absolute atomic E-state index is 13.4. The van der Waals surface area contributed by atoms with Crippen molar-refractivity contribution in [2.45, 2.75) is 38.6 Å². The van der Waals surface area contributed by atoms with Crippen LogP contribution in [0.1, 0.15) is 35.3 Å². The van der Waals surface area contributed by atoms with Gasteiger partial charge in [0.15, 0.2) is 0 Å². The van der Waals surface area contributed by atoms with Gasteiger partial charge in [0.25, 0.3) is 0 Å². The Kier molecular flexibility index (Phi) is 5.17. The number of rotatable bonds is 5. The van der Waals surface area contributed by atoms with Crippen LogP contribution in [0.25, 0.3) is 11.1 Å². The van der Waals surface area contributed by atoms with Crippen LogP contribution in [0.3, 0.4) is 0 Å². The number of hydrogen-bond acceptors (Lipinski definition) is 4. The van der Waals surface area contributed by atoms with Gasteiger partial charge in [-0.1, -0.05) is 12.1 Å². The Balaban J connectivity index is 2.08. The number of nitrogens with one attached hydrogen (secondary N) is 1. The molecule has 0 amide bonds. The zero-order valence-electron chi connectivity index (χ0n) is 16.2. The Morgan fingerprint density at radius 2 is 1.81 bits per heavy atom. The molecule has 0 fully saturated rings. The molecule has 1 atom stereocenters. The number of benzene rings is 1. The maximum atomic E-state index is 13.4. The number of nitrogens with zero attached hydrogens (tertiary/aromatic N) is 3. The first-order chi connectivity index (χ1) is 12.7. The van der Waals surface area contributed by atoms with Crippen molar-refractivity contribution in [3.05, 3.63) is 65.2 Å². The lowest BCUT2D eigenvalue weighted by Crippen LogP contribution is -2.30. The Bertz CT molecular complexity index is 1060. The van der Waals surface area contributed by atoms with E-state index in [4.69, 9.17) is 0 Å². The lowest BCUT2D eigenvalue weighted by Gasteiger charge is -2.25. The molecular weight excluding hydrogens is 360 g/mol. The summed E-state index contributed by atoms with van der Waals surface area (Å²) < 4.78 is 28.1. The molecule has 0 aliphatic rings. The summed E-state index contributed by atoms with van der Waals surface area (Å²) in [5, 5.41) is 6.98. The van der Waals surface area contributed by atoms with E-state index in [1.165, 1.54) is 4.31 Å². The minimum Gasteiger partial charge on any atom is -0.282 e. The summed E-state index contributed by atoms with van der Waals surface area (Å²) in [6.45, 7) is 7.59. The summed E-state index contributed by atoms with van der Waals surface area (Å²) in [6.07, 6.45) is 5.10. The molecule has 0 aliphatic carbocycles. The van der Waals surface area contributed by atoms with E-state index in [2.05, 4.69) is 15.2 Å². The SMILES string of the molecule is Cc1cc(C)c(S(=O)(=O)N(C)C(C)c2cccnc2)cc1-c1cn[nH]c1C. The van der Waals surface area contributed by atoms with Crippen LogP contribution in [-0.2, 0) is 10.0 Å². The van der Waals surface area contributed by atoms with Crippen molar-refractivity contribution in [2.75, 3.05) is 7.05 Å². The van der Waals surface area contributed by atoms with Gasteiger partial charge in [0.05, 0.1) is 11.1 Å². The standard InChI is InChI=1S/C20H24N4O2S/c1-13-9-14(2)20(10-18(13)19-12-22-23-15(19)3)27(25,26)24(5)16(4)17-7-6-8-21-11-17/h6-12,16H,1-5H3,(H,22,23). The second-order valence-corrected chi connectivity index (χ2v) is 8.79. The van der Waals surface area contributed by atoms with Gasteiger partial charge in [0.2, 0.25) is 10.0 Å². The number of pyridine rings is 1. The number of aryl methyl sites for hydroxylation is 3. The van der Waals surface area contributed by atoms with Crippen molar-refractivity contribution in [2.24, 2.45) is 0 Å². The van der Waals surface area contributed by atoms with Crippen LogP contribution >= 0.6 is 0 Å². The third-order valence-corrected chi connectivity index (χ3v) is 7.08. The molecule has 3 rings (SSSR count). The molecule has 0 radical (unpaired) electrons. The molecule has 142 valence electrons. The quantitative estimate of drug-likeness (QED) is 0.726. The predicted molar refractivity (Wildman–Crippen MR) is 106 cm³/mol. The largest absolute Gasteiger partial charge is 0.282 e. The van der Waals surface area contributed by atoms with Gasteiger partial charge < -0.3 is 0 Å². The highest BCUT2D eigenvalue weighted by Gasteiger charge is 2.29. The third kappa shape index (κ3) is 3.52. The summed E-state index contributed by atoms with van der Waals surface area (Å²) >= 11 is 0. The molecule has 0 saturated heterocycles. The molecule has 2 aromatic heterocycles. The second-order valence-electron chi connectivity index (χ2n) is 6.82. The van der Waals surface area contributed by atoms with E-state index in [0.717, 1.165) is 33.5 Å². The minimum atomic E-state index is -3.69. The first kappa shape index (κ1) is 19.3. The average molecular weight is 385 g/mol. The molecule has 1 aromatic carbocycles. The number of aromatic nitrogens is 3. The smallest absolute Gasteiger partial charge is 0.243 e. The first-order valence-electron chi connectivity index (χ1n) is 8.73. The van der Waals surface area contributed by atoms with E-state index in [9.17, 15) is 8.42 Å². The molecular formula is C20H24N4O2S. The lowest BCUT2D eigenvalue weighted by molar-refractivity contribution is 0.397. The molecule has 7 heteroatoms. The van der Waals surface area contributed by atoms with Gasteiger partial charge in [-0.25, -0.2) is 8.42 Å². The van der Waals surface area contributed by atoms with Crippen LogP contribution in [0.15, 0.2) is 47.8 Å². The van der Waals surface area contributed by atoms with Crippen LogP contribution in [0, 0.1) is 20.8 Å². The number of aromatic amines is 1. The maximum Gasteiger partial charge on any atom is 0.243 e. The van der Waals surface area contributed by atoms with Crippen LogP contribution in [-0.4, -0.2) is 35.0 Å². The van der Waals surface area contributed by atoms with Gasteiger partial charge in [-0.15, -0.1) is 0 Å². The Morgan fingerprint density at radius 3 is 2.41 bits per heavy atom. The Hall–Kier alpha value is -2.51. The predicted octanol–water partition coefficient (Wildman–Crippen LogP) is 3.78. The van der Waals surface area contributed by atoms with Crippen molar-refractivity contribution in [3.8, 4) is 11.1 Å². The van der Waals surface area contributed by atoms with Gasteiger partial charge in [0, 0.05) is 36.7 Å². The highest BCUT2D eigenvalue weighted by molar-refractivity contribution is 7.89. The molecule has 1 unspecified atom stereocenters. The molecule has 1 N–H and O–H groups in total. The Labute approximate surface area is 160 Å². The molecule has 0 aliphatic heterocycles. The highest BCUT2D eigenvalue weighted by atomic mass is 32.2. The van der Waals surface area contributed by atoms with Crippen molar-refractivity contribution >= 4 is 10.0 Å². The molecule has 6 nitrogen and oxygen atoms in total. The van der Waals surface area contributed by atoms with Gasteiger partial charge in [-0.05, 0) is 62.1 Å². The molecule has 0 bridgehead atoms. The molecule has 27 heavy (non-hydrogen) atoms. The zero-order chi connectivity index (χ0) is 19.8. The summed E-state index contributed by atoms with van der Waals surface area (Å²) in [4.78, 5) is 4.41. The van der Waals surface area contributed by atoms with Crippen LogP contribution in [0.2, 0.25) is 0 Å². The number of sulfonamides is 1. The molecule has 0 saturated carbocycles. The van der Waals surface area contributed by atoms with Gasteiger partial charge in [0.1, 0.15) is 0 Å². The monoisotopic (exact) mass is 384 g/mol. The number of hydrogen-bond donors (Lipinski definition) is 1. The zero-order valence-corrected chi connectivity index (χ0v) is 17.0. The fourth-order valence-corrected chi connectivity index (χ4v) is 4.80. The summed E-state index contributed by atoms with van der Waals surface area (Å²) in [5.74, 6) is 0. The van der Waals surface area contributed by atoms with Gasteiger partial charge in [-0.3, -0.25) is 10.1 Å². The lowest BCUT2D eigenvalue weighted by atomic mass is 9.99. The average Bonchev–Trinajstić information content (AvgIpc) is 3.06. The van der Waals surface area contributed by atoms with Crippen molar-refractivity contribution in [1.82, 2.24) is 19.5 Å². The fourth-order valence-electron chi connectivity index (χ4n) is 3.22. The van der Waals surface area contributed by atoms with Gasteiger partial charge in [-0.2, -0.15) is 9.40 Å². The van der Waals surface area contributed by atoms with E-state index in [-0.39, 0.29) is 6.04 Å². The topological polar surface area (TPSA) is 79.0 Å². The summed E-state index contributed by atoms with van der Waals surface area (Å²) in [5.41, 5.74) is 5.27. The Morgan fingerprint density at radius 1 is 1.07 bits per heavy atom. The van der Waals surface area contributed by atoms with E-state index in [1.54, 1.807) is 31.7 Å². The highest BCUT2D eigenvalue weighted by Crippen LogP contribution is 2.33. The molecule has 0 spiro atoms. The summed E-state index contributed by atoms with van der Waals surface area (Å²) in [7, 11) is -2.08. The minimum absolute atomic E-state index is 0.307. The van der Waals surface area contributed by atoms with Gasteiger partial charge >= 0.3 is 0 Å². The summed E-state index contributed by atoms with van der Waals surface area (Å²) in [6, 6.07) is 7.03. The van der Waals surface area contributed by atoms with Crippen LogP contribution in [0.4, 0.5) is 0 Å². The van der Waals surface area contributed by atoms with Crippen LogP contribution < -0.4 is 0 Å². The van der Waals surface area contributed by atoms with Crippen molar-refractivity contribution in [3.63, 3.8) is 0 Å². The third-order valence-electron chi connectivity index (χ3n) is 5.01. The molecule has 3 aromatic rings. The van der Waals surface area contributed by atoms with E-state index in [1.807, 2.05) is 45.9 Å². The van der Waals surface area contributed by atoms with Crippen LogP contribution in [0.5, 0.6) is 0 Å². The van der Waals surface area contributed by atoms with Crippen molar-refractivity contribution in [1.29, 1.82) is 0 Å². The number of H-pyrrole nitrogens is 1. The van der Waals surface area contributed by atoms with E-state index in [0.29, 0.717) is 4.90 Å².